The first-order chi connectivity index (χ1) is 16.4. The number of aliphatic hydroxyl groups excluding tert-OH is 1. The van der Waals surface area contributed by atoms with Gasteiger partial charge in [0.15, 0.2) is 10.8 Å². The quantitative estimate of drug-likeness (QED) is 0.369. The van der Waals surface area contributed by atoms with Gasteiger partial charge in [-0.1, -0.05) is 36.8 Å². The van der Waals surface area contributed by atoms with Crippen LogP contribution in [0.15, 0.2) is 24.8 Å². The van der Waals surface area contributed by atoms with Crippen LogP contribution in [0.4, 0.5) is 0 Å². The number of nitrogens with one attached hydrogen (secondary N) is 2. The molecule has 10 nitrogen and oxygen atoms in total. The molecule has 0 unspecified atom stereocenters. The number of hydrogen-bond donors (Lipinski definition) is 3. The van der Waals surface area contributed by atoms with Crippen LogP contribution in [0.5, 0.6) is 0 Å². The molecule has 3 atom stereocenters. The van der Waals surface area contributed by atoms with Gasteiger partial charge < -0.3 is 15.0 Å². The monoisotopic (exact) mass is 500 g/mol. The summed E-state index contributed by atoms with van der Waals surface area (Å²) in [4.78, 5) is 30.3. The maximum Gasteiger partial charge on any atom is 0.280 e. The SMILES string of the molecule is CC(C)Cc1nc2cnc(-c3nc[nH]n3)cc2n1[C@@H]1C[C@@H](O)C[C@H](NC(=O)c2ncc(Cl)s2)C1. The van der Waals surface area contributed by atoms with Crippen molar-refractivity contribution in [3.05, 3.63) is 40.0 Å². The molecule has 0 aromatic carbocycles. The Morgan fingerprint density at radius 1 is 1.29 bits per heavy atom. The maximum atomic E-state index is 12.7. The molecule has 0 radical (unpaired) electrons. The summed E-state index contributed by atoms with van der Waals surface area (Å²) < 4.78 is 2.67. The summed E-state index contributed by atoms with van der Waals surface area (Å²) in [6, 6.07) is 1.69. The van der Waals surface area contributed by atoms with Gasteiger partial charge in [-0.3, -0.25) is 14.9 Å². The van der Waals surface area contributed by atoms with Crippen molar-refractivity contribution in [3.63, 3.8) is 0 Å². The molecule has 1 amide bonds. The van der Waals surface area contributed by atoms with Crippen molar-refractivity contribution >= 4 is 39.9 Å². The Bertz CT molecular complexity index is 1300. The molecule has 178 valence electrons. The lowest BCUT2D eigenvalue weighted by Crippen LogP contribution is -2.43. The predicted octanol–water partition coefficient (Wildman–Crippen LogP) is 3.41. The number of thiazole rings is 1. The third kappa shape index (κ3) is 4.68. The molecule has 4 aromatic heterocycles. The van der Waals surface area contributed by atoms with Crippen LogP contribution in [0.3, 0.4) is 0 Å². The van der Waals surface area contributed by atoms with Crippen molar-refractivity contribution in [2.24, 2.45) is 5.92 Å². The summed E-state index contributed by atoms with van der Waals surface area (Å²) in [5.41, 5.74) is 2.35. The van der Waals surface area contributed by atoms with Crippen molar-refractivity contribution in [3.8, 4) is 11.5 Å². The number of aromatic nitrogens is 7. The molecule has 1 saturated carbocycles. The average Bonchev–Trinajstić information content (AvgIpc) is 3.52. The van der Waals surface area contributed by atoms with Gasteiger partial charge in [-0.25, -0.2) is 15.0 Å². The third-order valence-electron chi connectivity index (χ3n) is 5.91. The summed E-state index contributed by atoms with van der Waals surface area (Å²) in [7, 11) is 0. The van der Waals surface area contributed by atoms with Crippen molar-refractivity contribution < 1.29 is 9.90 Å². The van der Waals surface area contributed by atoms with Crippen LogP contribution in [0.1, 0.15) is 54.8 Å². The van der Waals surface area contributed by atoms with E-state index >= 15 is 0 Å². The van der Waals surface area contributed by atoms with Gasteiger partial charge in [0.05, 0.1) is 24.0 Å². The molecule has 0 spiro atoms. The van der Waals surface area contributed by atoms with Crippen molar-refractivity contribution in [1.29, 1.82) is 0 Å². The van der Waals surface area contributed by atoms with E-state index in [1.807, 2.05) is 6.07 Å². The molecule has 4 aromatic rings. The lowest BCUT2D eigenvalue weighted by atomic mass is 9.88. The van der Waals surface area contributed by atoms with Gasteiger partial charge in [0.1, 0.15) is 27.7 Å². The number of hydrogen-bond acceptors (Lipinski definition) is 8. The van der Waals surface area contributed by atoms with E-state index in [4.69, 9.17) is 16.6 Å². The number of carbonyl (C=O) groups is 1. The first-order valence-corrected chi connectivity index (χ1v) is 12.4. The number of aliphatic hydroxyl groups is 1. The minimum atomic E-state index is -0.553. The van der Waals surface area contributed by atoms with Crippen LogP contribution in [0.2, 0.25) is 4.34 Å². The van der Waals surface area contributed by atoms with Crippen LogP contribution in [-0.2, 0) is 6.42 Å². The van der Waals surface area contributed by atoms with Gasteiger partial charge >= 0.3 is 0 Å². The number of aromatic amines is 1. The van der Waals surface area contributed by atoms with E-state index in [-0.39, 0.29) is 18.0 Å². The van der Waals surface area contributed by atoms with Crippen LogP contribution in [0, 0.1) is 5.92 Å². The highest BCUT2D eigenvalue weighted by molar-refractivity contribution is 7.17. The molecule has 0 bridgehead atoms. The zero-order valence-electron chi connectivity index (χ0n) is 18.8. The minimum absolute atomic E-state index is 0.0462. The second kappa shape index (κ2) is 9.40. The highest BCUT2D eigenvalue weighted by Crippen LogP contribution is 2.34. The lowest BCUT2D eigenvalue weighted by Gasteiger charge is -2.34. The molecule has 3 N–H and O–H groups in total. The highest BCUT2D eigenvalue weighted by Gasteiger charge is 2.33. The third-order valence-corrected chi connectivity index (χ3v) is 7.03. The van der Waals surface area contributed by atoms with Gasteiger partial charge in [-0.2, -0.15) is 5.10 Å². The number of imidazole rings is 1. The Morgan fingerprint density at radius 2 is 2.15 bits per heavy atom. The van der Waals surface area contributed by atoms with Crippen molar-refractivity contribution in [2.75, 3.05) is 0 Å². The van der Waals surface area contributed by atoms with Crippen LogP contribution in [0.25, 0.3) is 22.6 Å². The second-order valence-corrected chi connectivity index (χ2v) is 10.7. The molecule has 34 heavy (non-hydrogen) atoms. The Morgan fingerprint density at radius 3 is 2.85 bits per heavy atom. The molecular formula is C22H25ClN8O2S. The summed E-state index contributed by atoms with van der Waals surface area (Å²) in [6.45, 7) is 4.30. The number of fused-ring (bicyclic) bond motifs is 1. The van der Waals surface area contributed by atoms with Gasteiger partial charge in [-0.05, 0) is 31.2 Å². The molecule has 1 aliphatic rings. The molecule has 4 heterocycles. The van der Waals surface area contributed by atoms with Gasteiger partial charge in [0, 0.05) is 18.5 Å². The number of pyridine rings is 1. The Hall–Kier alpha value is -2.89. The molecule has 1 fully saturated rings. The highest BCUT2D eigenvalue weighted by atomic mass is 35.5. The molecular weight excluding hydrogens is 476 g/mol. The summed E-state index contributed by atoms with van der Waals surface area (Å²) >= 11 is 7.07. The normalized spacial score (nSPS) is 20.8. The number of H-pyrrole nitrogens is 1. The van der Waals surface area contributed by atoms with Crippen molar-refractivity contribution in [2.45, 2.75) is 57.7 Å². The number of halogens is 1. The summed E-state index contributed by atoms with van der Waals surface area (Å²) in [5, 5.41) is 20.9. The zero-order valence-corrected chi connectivity index (χ0v) is 20.3. The first-order valence-electron chi connectivity index (χ1n) is 11.2. The summed E-state index contributed by atoms with van der Waals surface area (Å²) in [5.74, 6) is 1.57. The van der Waals surface area contributed by atoms with E-state index < -0.39 is 6.10 Å². The van der Waals surface area contributed by atoms with E-state index in [0.29, 0.717) is 46.0 Å². The van der Waals surface area contributed by atoms with E-state index in [9.17, 15) is 9.90 Å². The Kier molecular flexibility index (Phi) is 6.32. The van der Waals surface area contributed by atoms with E-state index in [2.05, 4.69) is 48.9 Å². The fraction of sp³-hybridized carbons (Fsp3) is 0.455. The maximum absolute atomic E-state index is 12.7. The van der Waals surface area contributed by atoms with Crippen LogP contribution in [-0.4, -0.2) is 57.9 Å². The molecule has 12 heteroatoms. The molecule has 1 aliphatic carbocycles. The van der Waals surface area contributed by atoms with E-state index in [1.165, 1.54) is 12.5 Å². The van der Waals surface area contributed by atoms with Crippen LogP contribution >= 0.6 is 22.9 Å². The average molecular weight is 501 g/mol. The molecule has 0 saturated heterocycles. The Labute approximate surface area is 204 Å². The van der Waals surface area contributed by atoms with Gasteiger partial charge in [0.2, 0.25) is 0 Å². The Balaban J connectivity index is 1.49. The number of amides is 1. The lowest BCUT2D eigenvalue weighted by molar-refractivity contribution is 0.0740. The number of rotatable bonds is 6. The summed E-state index contributed by atoms with van der Waals surface area (Å²) in [6.07, 6.45) is 6.68. The number of carbonyl (C=O) groups excluding carboxylic acids is 1. The smallest absolute Gasteiger partial charge is 0.280 e. The zero-order chi connectivity index (χ0) is 23.8. The van der Waals surface area contributed by atoms with E-state index in [0.717, 1.165) is 34.6 Å². The minimum Gasteiger partial charge on any atom is -0.393 e. The predicted molar refractivity (Wildman–Crippen MR) is 129 cm³/mol. The largest absolute Gasteiger partial charge is 0.393 e. The number of nitrogens with zero attached hydrogens (tertiary/aromatic N) is 6. The standard InChI is InChI=1S/C22H25ClN8O2S/c1-11(2)3-19-29-16-8-24-15(20-26-10-27-30-20)7-17(16)31(19)13-4-12(5-14(32)6-13)28-21(33)22-25-9-18(23)34-22/h7-14,32H,3-6H2,1-2H3,(H,28,33)(H,26,27,30)/t12-,13+,14+/m1/s1. The second-order valence-electron chi connectivity index (χ2n) is 9.03. The van der Waals surface area contributed by atoms with Crippen LogP contribution < -0.4 is 5.32 Å². The molecule has 0 aliphatic heterocycles. The first kappa shape index (κ1) is 22.9. The molecule has 5 rings (SSSR count). The van der Waals surface area contributed by atoms with E-state index in [1.54, 1.807) is 6.20 Å². The van der Waals surface area contributed by atoms with Crippen molar-refractivity contribution in [1.82, 2.24) is 40.0 Å². The van der Waals surface area contributed by atoms with Gasteiger partial charge in [0.25, 0.3) is 5.91 Å². The fourth-order valence-corrected chi connectivity index (χ4v) is 5.43. The topological polar surface area (TPSA) is 134 Å². The fourth-order valence-electron chi connectivity index (χ4n) is 4.61. The van der Waals surface area contributed by atoms with Gasteiger partial charge in [-0.15, -0.1) is 0 Å².